The molecule has 1 N–H and O–H groups in total. The first-order chi connectivity index (χ1) is 5.11. The maximum atomic E-state index is 10.9. The normalized spacial score (nSPS) is 25.7. The van der Waals surface area contributed by atoms with Crippen molar-refractivity contribution in [1.82, 2.24) is 10.2 Å². The second-order valence-corrected chi connectivity index (χ2v) is 3.75. The molecule has 3 nitrogen and oxygen atoms in total. The number of nitrogens with one attached hydrogen (secondary N) is 1. The summed E-state index contributed by atoms with van der Waals surface area (Å²) in [5.74, 6) is -0.222. The molecule has 1 aliphatic heterocycles. The van der Waals surface area contributed by atoms with Gasteiger partial charge in [0.1, 0.15) is 9.98 Å². The number of likely N-dealkylation sites (N-methyl/N-ethyl adjacent to an activating group) is 1. The number of amides is 1. The third kappa shape index (κ3) is 2.10. The molecular weight excluding hydrogens is 231 g/mol. The van der Waals surface area contributed by atoms with E-state index in [0.717, 1.165) is 0 Å². The Kier molecular flexibility index (Phi) is 2.78. The maximum absolute atomic E-state index is 10.9. The van der Waals surface area contributed by atoms with Gasteiger partial charge in [-0.1, -0.05) is 27.5 Å². The molecule has 62 valence electrons. The van der Waals surface area contributed by atoms with E-state index in [9.17, 15) is 4.79 Å². The lowest BCUT2D eigenvalue weighted by molar-refractivity contribution is -0.116. The van der Waals surface area contributed by atoms with Crippen LogP contribution in [0, 0.1) is 0 Å². The average Bonchev–Trinajstić information content (AvgIpc) is 2.05. The van der Waals surface area contributed by atoms with Crippen LogP contribution < -0.4 is 5.32 Å². The number of carbonyl (C=O) groups excluding carboxylic acids is 1. The summed E-state index contributed by atoms with van der Waals surface area (Å²) in [6, 6.07) is 0. The van der Waals surface area contributed by atoms with Gasteiger partial charge in [0.2, 0.25) is 0 Å². The fraction of sp³-hybridized carbons (Fsp3) is 0.500. The van der Waals surface area contributed by atoms with E-state index >= 15 is 0 Å². The molecule has 11 heavy (non-hydrogen) atoms. The number of carbonyl (C=O) groups is 1. The Morgan fingerprint density at radius 1 is 1.91 bits per heavy atom. The summed E-state index contributed by atoms with van der Waals surface area (Å²) in [5, 5.41) is 2.86. The van der Waals surface area contributed by atoms with Crippen LogP contribution in [0.4, 0.5) is 0 Å². The van der Waals surface area contributed by atoms with Gasteiger partial charge in [0.25, 0.3) is 5.91 Å². The zero-order valence-corrected chi connectivity index (χ0v) is 8.32. The summed E-state index contributed by atoms with van der Waals surface area (Å²) in [6.07, 6.45) is 1.60. The second kappa shape index (κ2) is 3.45. The lowest BCUT2D eigenvalue weighted by atomic mass is 10.5. The fourth-order valence-corrected chi connectivity index (χ4v) is 1.22. The van der Waals surface area contributed by atoms with Crippen molar-refractivity contribution in [1.29, 1.82) is 0 Å². The van der Waals surface area contributed by atoms with Crippen molar-refractivity contribution in [3.05, 3.63) is 11.2 Å². The van der Waals surface area contributed by atoms with Crippen molar-refractivity contribution in [3.8, 4) is 0 Å². The molecule has 1 aliphatic rings. The molecule has 1 heterocycles. The molecule has 0 radical (unpaired) electrons. The molecular formula is C6H8BrClN2O. The highest BCUT2D eigenvalue weighted by Crippen LogP contribution is 2.12. The Balaban J connectivity index is 2.77. The lowest BCUT2D eigenvalue weighted by Gasteiger charge is -2.18. The third-order valence-electron chi connectivity index (χ3n) is 1.41. The van der Waals surface area contributed by atoms with Gasteiger partial charge in [0.05, 0.1) is 0 Å². The first kappa shape index (κ1) is 8.87. The van der Waals surface area contributed by atoms with Crippen molar-refractivity contribution < 1.29 is 4.79 Å². The number of rotatable bonds is 0. The van der Waals surface area contributed by atoms with E-state index in [1.807, 2.05) is 11.9 Å². The van der Waals surface area contributed by atoms with Crippen molar-refractivity contribution in [2.24, 2.45) is 0 Å². The molecule has 5 heteroatoms. The van der Waals surface area contributed by atoms with E-state index in [1.54, 1.807) is 6.20 Å². The topological polar surface area (TPSA) is 32.3 Å². The SMILES string of the molecule is CN1C=C(Cl)C(=O)NCC1Br. The van der Waals surface area contributed by atoms with E-state index in [1.165, 1.54) is 0 Å². The molecule has 0 aromatic carbocycles. The highest BCUT2D eigenvalue weighted by Gasteiger charge is 2.17. The Morgan fingerprint density at radius 2 is 2.55 bits per heavy atom. The van der Waals surface area contributed by atoms with E-state index in [-0.39, 0.29) is 15.9 Å². The van der Waals surface area contributed by atoms with Gasteiger partial charge in [-0.2, -0.15) is 0 Å². The Bertz CT molecular complexity index is 207. The molecule has 0 aliphatic carbocycles. The Morgan fingerprint density at radius 3 is 3.18 bits per heavy atom. The van der Waals surface area contributed by atoms with Crippen molar-refractivity contribution in [3.63, 3.8) is 0 Å². The van der Waals surface area contributed by atoms with Gasteiger partial charge >= 0.3 is 0 Å². The van der Waals surface area contributed by atoms with Crippen molar-refractivity contribution in [2.45, 2.75) is 4.95 Å². The molecule has 0 bridgehead atoms. The maximum Gasteiger partial charge on any atom is 0.264 e. The number of halogens is 2. The van der Waals surface area contributed by atoms with Crippen LogP contribution >= 0.6 is 27.5 Å². The molecule has 0 aromatic heterocycles. The van der Waals surface area contributed by atoms with Gasteiger partial charge in [0, 0.05) is 19.8 Å². The Hall–Kier alpha value is -0.220. The molecule has 0 saturated carbocycles. The first-order valence-electron chi connectivity index (χ1n) is 3.13. The van der Waals surface area contributed by atoms with Crippen LogP contribution in [-0.2, 0) is 4.79 Å². The summed E-state index contributed by atoms with van der Waals surface area (Å²) in [6.45, 7) is 0.558. The molecule has 0 spiro atoms. The second-order valence-electron chi connectivity index (χ2n) is 2.29. The highest BCUT2D eigenvalue weighted by atomic mass is 79.9. The zero-order valence-electron chi connectivity index (χ0n) is 5.97. The summed E-state index contributed by atoms with van der Waals surface area (Å²) in [4.78, 5) is 12.9. The summed E-state index contributed by atoms with van der Waals surface area (Å²) in [5.41, 5.74) is 0. The first-order valence-corrected chi connectivity index (χ1v) is 4.42. The lowest BCUT2D eigenvalue weighted by Crippen LogP contribution is -2.32. The van der Waals surface area contributed by atoms with Gasteiger partial charge in [-0.3, -0.25) is 4.79 Å². The molecule has 1 amide bonds. The highest BCUT2D eigenvalue weighted by molar-refractivity contribution is 9.09. The van der Waals surface area contributed by atoms with Crippen LogP contribution in [0.2, 0.25) is 0 Å². The van der Waals surface area contributed by atoms with E-state index in [2.05, 4.69) is 21.2 Å². The minimum Gasteiger partial charge on any atom is -0.365 e. The fourth-order valence-electron chi connectivity index (χ4n) is 0.724. The molecule has 0 saturated heterocycles. The van der Waals surface area contributed by atoms with Gasteiger partial charge in [-0.05, 0) is 0 Å². The largest absolute Gasteiger partial charge is 0.365 e. The summed E-state index contributed by atoms with van der Waals surface area (Å²) >= 11 is 8.98. The average molecular weight is 240 g/mol. The zero-order chi connectivity index (χ0) is 8.43. The standard InChI is InChI=1S/C6H8BrClN2O/c1-10-3-4(8)6(11)9-2-5(10)7/h3,5H,2H2,1H3,(H,9,11). The number of alkyl halides is 1. The quantitative estimate of drug-likeness (QED) is 0.502. The van der Waals surface area contributed by atoms with Gasteiger partial charge < -0.3 is 10.2 Å². The minimum absolute atomic E-state index is 0.114. The number of hydrogen-bond acceptors (Lipinski definition) is 2. The van der Waals surface area contributed by atoms with Crippen LogP contribution in [0.3, 0.4) is 0 Å². The molecule has 1 rings (SSSR count). The van der Waals surface area contributed by atoms with Crippen LogP contribution in [0.15, 0.2) is 11.2 Å². The summed E-state index contributed by atoms with van der Waals surface area (Å²) in [7, 11) is 1.85. The van der Waals surface area contributed by atoms with Crippen LogP contribution in [0.25, 0.3) is 0 Å². The van der Waals surface area contributed by atoms with Gasteiger partial charge in [0.15, 0.2) is 0 Å². The monoisotopic (exact) mass is 238 g/mol. The van der Waals surface area contributed by atoms with Crippen molar-refractivity contribution >= 4 is 33.4 Å². The number of hydrogen-bond donors (Lipinski definition) is 1. The van der Waals surface area contributed by atoms with Crippen LogP contribution in [-0.4, -0.2) is 29.4 Å². The van der Waals surface area contributed by atoms with E-state index in [0.29, 0.717) is 6.54 Å². The Labute approximate surface area is 78.5 Å². The molecule has 1 atom stereocenters. The van der Waals surface area contributed by atoms with E-state index < -0.39 is 0 Å². The molecule has 0 aromatic rings. The minimum atomic E-state index is -0.222. The predicted molar refractivity (Wildman–Crippen MR) is 47.4 cm³/mol. The summed E-state index contributed by atoms with van der Waals surface area (Å²) < 4.78 is 0. The van der Waals surface area contributed by atoms with E-state index in [4.69, 9.17) is 11.6 Å². The van der Waals surface area contributed by atoms with Gasteiger partial charge in [-0.15, -0.1) is 0 Å². The predicted octanol–water partition coefficient (Wildman–Crippen LogP) is 0.849. The number of nitrogens with zero attached hydrogens (tertiary/aromatic N) is 1. The molecule has 0 fully saturated rings. The van der Waals surface area contributed by atoms with Crippen LogP contribution in [0.1, 0.15) is 0 Å². The smallest absolute Gasteiger partial charge is 0.264 e. The third-order valence-corrected chi connectivity index (χ3v) is 2.65. The molecule has 1 unspecified atom stereocenters. The van der Waals surface area contributed by atoms with Crippen molar-refractivity contribution in [2.75, 3.05) is 13.6 Å². The van der Waals surface area contributed by atoms with Gasteiger partial charge in [-0.25, -0.2) is 0 Å². The van der Waals surface area contributed by atoms with Crippen LogP contribution in [0.5, 0.6) is 0 Å².